The number of hydrogen-bond donors (Lipinski definition) is 3. The first-order chi connectivity index (χ1) is 28.9. The Hall–Kier alpha value is -5.91. The van der Waals surface area contributed by atoms with Crippen molar-refractivity contribution in [3.8, 4) is 17.0 Å². The number of urea groups is 1. The summed E-state index contributed by atoms with van der Waals surface area (Å²) in [5, 5.41) is 10.5. The van der Waals surface area contributed by atoms with Crippen LogP contribution in [0.5, 0.6) is 5.75 Å². The van der Waals surface area contributed by atoms with Gasteiger partial charge in [0.25, 0.3) is 11.8 Å². The summed E-state index contributed by atoms with van der Waals surface area (Å²) in [6.07, 6.45) is 5.46. The largest absolute Gasteiger partial charge is 0.490 e. The number of imidazole rings is 1. The van der Waals surface area contributed by atoms with Crippen LogP contribution in [0.2, 0.25) is 5.02 Å². The summed E-state index contributed by atoms with van der Waals surface area (Å²) in [7, 11) is 1.78. The average Bonchev–Trinajstić information content (AvgIpc) is 3.87. The smallest absolute Gasteiger partial charge is 0.328 e. The van der Waals surface area contributed by atoms with Gasteiger partial charge in [0, 0.05) is 82.3 Å². The molecule has 4 aliphatic rings. The standard InChI is InChI=1S/C42H44ClF2N11O4/c1-47-32-20-37(51-56-35(39(46)58)22-49-40(32)56)54-17-11-29-28(3-2-4-33(29)54)31-8-5-25(21-48-31)23-52-14-12-36(42(44,45)24-52)53-15-9-26(10-16-53)60-27-6-7-30(43)34(19-27)55-18-13-38(57)50-41(55)59/h2-8,19-22,26,36,47H,9-18,23-24H2,1H3,(H2,46,58)(H,50,57,59). The number of likely N-dealkylation sites (tertiary alicyclic amines) is 2. The molecule has 1 unspecified atom stereocenters. The second-order valence-electron chi connectivity index (χ2n) is 15.7. The van der Waals surface area contributed by atoms with Gasteiger partial charge in [-0.25, -0.2) is 23.1 Å². The SMILES string of the molecule is CNc1cc(N2CCc3c(-c4ccc(CN5CCC(N6CCC(Oc7ccc(Cl)c(N8CCC(=O)NC8=O)c7)CC6)C(F)(F)C5)cn4)cccc32)nn2c(C(N)=O)cnc12. The molecular weight excluding hydrogens is 796 g/mol. The quantitative estimate of drug-likeness (QED) is 0.163. The number of halogens is 3. The Morgan fingerprint density at radius 1 is 0.967 bits per heavy atom. The van der Waals surface area contributed by atoms with Crippen LogP contribution in [0.4, 0.5) is 36.5 Å². The van der Waals surface area contributed by atoms with Gasteiger partial charge in [-0.15, -0.1) is 5.10 Å². The summed E-state index contributed by atoms with van der Waals surface area (Å²) < 4.78 is 39.4. The van der Waals surface area contributed by atoms with E-state index in [1.165, 1.54) is 15.6 Å². The first kappa shape index (κ1) is 39.5. The molecule has 1 atom stereocenters. The van der Waals surface area contributed by atoms with Gasteiger partial charge in [-0.1, -0.05) is 29.8 Å². The molecule has 312 valence electrons. The van der Waals surface area contributed by atoms with Crippen LogP contribution in [-0.4, -0.2) is 112 Å². The molecule has 5 aromatic rings. The van der Waals surface area contributed by atoms with Gasteiger partial charge in [-0.05, 0) is 61.1 Å². The molecule has 7 heterocycles. The third kappa shape index (κ3) is 7.56. The highest BCUT2D eigenvalue weighted by Gasteiger charge is 2.48. The first-order valence-electron chi connectivity index (χ1n) is 20.1. The number of anilines is 4. The third-order valence-electron chi connectivity index (χ3n) is 11.9. The molecule has 4 aliphatic heterocycles. The van der Waals surface area contributed by atoms with Crippen molar-refractivity contribution in [2.24, 2.45) is 5.73 Å². The Labute approximate surface area is 349 Å². The van der Waals surface area contributed by atoms with Crippen LogP contribution >= 0.6 is 11.6 Å². The van der Waals surface area contributed by atoms with Crippen LogP contribution in [0.3, 0.4) is 0 Å². The number of piperidine rings is 2. The molecule has 0 saturated carbocycles. The van der Waals surface area contributed by atoms with Gasteiger partial charge < -0.3 is 20.7 Å². The molecule has 0 bridgehead atoms. The minimum Gasteiger partial charge on any atom is -0.490 e. The minimum atomic E-state index is -2.90. The number of nitrogens with zero attached hydrogens (tertiary/aromatic N) is 8. The monoisotopic (exact) mass is 839 g/mol. The van der Waals surface area contributed by atoms with Crippen molar-refractivity contribution >= 4 is 58.0 Å². The number of hydrogen-bond acceptors (Lipinski definition) is 11. The number of pyridine rings is 1. The Bertz CT molecular complexity index is 2480. The van der Waals surface area contributed by atoms with Crippen molar-refractivity contribution in [3.05, 3.63) is 88.8 Å². The van der Waals surface area contributed by atoms with Gasteiger partial charge in [-0.2, -0.15) is 0 Å². The maximum Gasteiger partial charge on any atom is 0.328 e. The molecular formula is C42H44ClF2N11O4. The lowest BCUT2D eigenvalue weighted by Gasteiger charge is -2.45. The predicted octanol–water partition coefficient (Wildman–Crippen LogP) is 5.48. The van der Waals surface area contributed by atoms with Crippen LogP contribution in [0.15, 0.2) is 67.0 Å². The molecule has 0 aliphatic carbocycles. The molecule has 4 N–H and O–H groups in total. The topological polar surface area (TPSA) is 167 Å². The zero-order valence-electron chi connectivity index (χ0n) is 32.9. The van der Waals surface area contributed by atoms with Crippen LogP contribution in [0.25, 0.3) is 16.9 Å². The number of ether oxygens (including phenoxy) is 1. The fourth-order valence-electron chi connectivity index (χ4n) is 8.93. The lowest BCUT2D eigenvalue weighted by atomic mass is 9.95. The van der Waals surface area contributed by atoms with E-state index in [0.29, 0.717) is 85.6 Å². The maximum atomic E-state index is 15.9. The van der Waals surface area contributed by atoms with E-state index in [1.807, 2.05) is 46.2 Å². The number of aromatic nitrogens is 4. The number of imide groups is 1. The Morgan fingerprint density at radius 2 is 1.78 bits per heavy atom. The average molecular weight is 840 g/mol. The normalized spacial score (nSPS) is 20.0. The van der Waals surface area contributed by atoms with Crippen molar-refractivity contribution in [1.82, 2.24) is 34.7 Å². The molecule has 9 rings (SSSR count). The van der Waals surface area contributed by atoms with E-state index in [9.17, 15) is 14.4 Å². The van der Waals surface area contributed by atoms with Gasteiger partial charge in [0.1, 0.15) is 17.5 Å². The van der Waals surface area contributed by atoms with Crippen molar-refractivity contribution in [1.29, 1.82) is 0 Å². The minimum absolute atomic E-state index is 0.171. The fraction of sp³-hybridized carbons (Fsp3) is 0.381. The fourth-order valence-corrected chi connectivity index (χ4v) is 9.15. The van der Waals surface area contributed by atoms with Crippen LogP contribution < -0.4 is 30.9 Å². The van der Waals surface area contributed by atoms with E-state index >= 15 is 8.78 Å². The van der Waals surface area contributed by atoms with E-state index in [4.69, 9.17) is 32.2 Å². The molecule has 60 heavy (non-hydrogen) atoms. The summed E-state index contributed by atoms with van der Waals surface area (Å²) in [5.74, 6) is -2.68. The number of amides is 4. The molecule has 18 heteroatoms. The number of benzene rings is 2. The van der Waals surface area contributed by atoms with Crippen LogP contribution in [0.1, 0.15) is 47.3 Å². The van der Waals surface area contributed by atoms with E-state index in [-0.39, 0.29) is 37.2 Å². The highest BCUT2D eigenvalue weighted by atomic mass is 35.5. The Morgan fingerprint density at radius 3 is 2.52 bits per heavy atom. The van der Waals surface area contributed by atoms with Gasteiger partial charge in [0.15, 0.2) is 11.5 Å². The van der Waals surface area contributed by atoms with E-state index < -0.39 is 23.9 Å². The van der Waals surface area contributed by atoms with Gasteiger partial charge in [-0.3, -0.25) is 34.6 Å². The van der Waals surface area contributed by atoms with Gasteiger partial charge in [0.2, 0.25) is 5.91 Å². The van der Waals surface area contributed by atoms with Crippen molar-refractivity contribution in [3.63, 3.8) is 0 Å². The summed E-state index contributed by atoms with van der Waals surface area (Å²) in [5.41, 5.74) is 12.2. The summed E-state index contributed by atoms with van der Waals surface area (Å²) >= 11 is 6.39. The number of alkyl halides is 2. The van der Waals surface area contributed by atoms with Crippen molar-refractivity contribution in [2.45, 2.75) is 56.7 Å². The number of carbonyl (C=O) groups excluding carboxylic acids is 3. The first-order valence-corrected chi connectivity index (χ1v) is 20.5. The van der Waals surface area contributed by atoms with Gasteiger partial charge in [0.05, 0.1) is 40.9 Å². The van der Waals surface area contributed by atoms with Crippen molar-refractivity contribution < 1.29 is 27.9 Å². The van der Waals surface area contributed by atoms with Crippen LogP contribution in [-0.2, 0) is 17.8 Å². The lowest BCUT2D eigenvalue weighted by molar-refractivity contribution is -0.135. The van der Waals surface area contributed by atoms with Crippen LogP contribution in [0, 0.1) is 0 Å². The molecule has 3 saturated heterocycles. The summed E-state index contributed by atoms with van der Waals surface area (Å²) in [4.78, 5) is 52.4. The molecule has 15 nitrogen and oxygen atoms in total. The molecule has 0 spiro atoms. The maximum absolute atomic E-state index is 15.9. The number of nitrogens with one attached hydrogen (secondary N) is 2. The predicted molar refractivity (Wildman–Crippen MR) is 222 cm³/mol. The summed E-state index contributed by atoms with van der Waals surface area (Å²) in [6, 6.07) is 15.6. The van der Waals surface area contributed by atoms with Crippen molar-refractivity contribution in [2.75, 3.05) is 61.4 Å². The zero-order chi connectivity index (χ0) is 41.7. The van der Waals surface area contributed by atoms with E-state index in [2.05, 4.69) is 20.5 Å². The number of rotatable bonds is 10. The van der Waals surface area contributed by atoms with Gasteiger partial charge >= 0.3 is 6.03 Å². The van der Waals surface area contributed by atoms with E-state index in [0.717, 1.165) is 34.5 Å². The lowest BCUT2D eigenvalue weighted by Crippen LogP contribution is -2.59. The third-order valence-corrected chi connectivity index (χ3v) is 12.2. The molecule has 3 fully saturated rings. The second-order valence-corrected chi connectivity index (χ2v) is 16.1. The number of nitrogens with two attached hydrogens (primary N) is 1. The summed E-state index contributed by atoms with van der Waals surface area (Å²) in [6.45, 7) is 2.42. The molecule has 2 aromatic carbocycles. The molecule has 4 amide bonds. The highest BCUT2D eigenvalue weighted by molar-refractivity contribution is 6.34. The zero-order valence-corrected chi connectivity index (χ0v) is 33.7. The Kier molecular flexibility index (Phi) is 10.5. The Balaban J connectivity index is 0.807. The highest BCUT2D eigenvalue weighted by Crippen LogP contribution is 2.40. The number of primary amides is 1. The van der Waals surface area contributed by atoms with E-state index in [1.54, 1.807) is 31.4 Å². The second kappa shape index (κ2) is 15.9. The number of fused-ring (bicyclic) bond motifs is 2. The molecule has 3 aromatic heterocycles. The number of carbonyl (C=O) groups is 3. The molecule has 0 radical (unpaired) electrons.